The van der Waals surface area contributed by atoms with E-state index in [0.29, 0.717) is 0 Å². The van der Waals surface area contributed by atoms with Crippen molar-refractivity contribution in [3.63, 3.8) is 0 Å². The molecular weight excluding hydrogens is 218 g/mol. The minimum Gasteiger partial charge on any atom is -0.775 e. The molecule has 0 fully saturated rings. The SMILES string of the molecule is [N-]=[N+](OP(=O)([O-])[O-])OP(=O)([O-])[O-]. The largest absolute Gasteiger partial charge is 0.775 e. The van der Waals surface area contributed by atoms with Crippen LogP contribution >= 0.6 is 15.6 Å². The average molecular weight is 218 g/mol. The van der Waals surface area contributed by atoms with Crippen molar-refractivity contribution < 1.29 is 43.0 Å². The molecule has 0 radical (unpaired) electrons. The van der Waals surface area contributed by atoms with Crippen molar-refractivity contribution in [2.75, 3.05) is 0 Å². The van der Waals surface area contributed by atoms with Gasteiger partial charge in [-0.15, -0.1) is 0 Å². The first-order valence-electron chi connectivity index (χ1n) is 2.03. The lowest BCUT2D eigenvalue weighted by molar-refractivity contribution is -0.941. The molecular formula is N2O8P2-4. The summed E-state index contributed by atoms with van der Waals surface area (Å²) in [5, 5.41) is -1.36. The summed E-state index contributed by atoms with van der Waals surface area (Å²) in [4.78, 5) is 38.4. The fraction of sp³-hybridized carbons (Fsp3) is 0. The van der Waals surface area contributed by atoms with Crippen LogP contribution in [-0.2, 0) is 18.4 Å². The van der Waals surface area contributed by atoms with Gasteiger partial charge in [-0.3, -0.25) is 0 Å². The Bertz CT molecular complexity index is 230. The van der Waals surface area contributed by atoms with Gasteiger partial charge in [0.05, 0.1) is 0 Å². The Balaban J connectivity index is 4.10. The zero-order valence-corrected chi connectivity index (χ0v) is 6.84. The van der Waals surface area contributed by atoms with Gasteiger partial charge in [-0.25, -0.2) is 9.25 Å². The Morgan fingerprint density at radius 3 is 1.42 bits per heavy atom. The summed E-state index contributed by atoms with van der Waals surface area (Å²) >= 11 is 0. The first kappa shape index (κ1) is 11.5. The lowest BCUT2D eigenvalue weighted by atomic mass is 12.9. The maximum atomic E-state index is 9.60. The van der Waals surface area contributed by atoms with Gasteiger partial charge in [-0.05, 0) is 0 Å². The fourth-order valence-electron chi connectivity index (χ4n) is 0.186. The van der Waals surface area contributed by atoms with Gasteiger partial charge in [0.25, 0.3) is 0 Å². The molecule has 0 aromatic carbocycles. The third-order valence-electron chi connectivity index (χ3n) is 0.340. The normalized spacial score (nSPS) is 12.3. The van der Waals surface area contributed by atoms with Crippen molar-refractivity contribution >= 4 is 15.6 Å². The molecule has 0 aliphatic rings. The molecule has 0 spiro atoms. The zero-order valence-electron chi connectivity index (χ0n) is 5.05. The quantitative estimate of drug-likeness (QED) is 0.266. The molecule has 10 nitrogen and oxygen atoms in total. The molecule has 0 atom stereocenters. The lowest BCUT2D eigenvalue weighted by Crippen LogP contribution is -2.25. The van der Waals surface area contributed by atoms with E-state index in [2.05, 4.69) is 9.25 Å². The van der Waals surface area contributed by atoms with E-state index in [9.17, 15) is 28.7 Å². The number of nitrogens with zero attached hydrogens (tertiary/aromatic N) is 2. The summed E-state index contributed by atoms with van der Waals surface area (Å²) in [7, 11) is -11.3. The molecule has 0 heterocycles. The minimum atomic E-state index is -5.66. The highest BCUT2D eigenvalue weighted by atomic mass is 31.2. The highest BCUT2D eigenvalue weighted by Gasteiger charge is 2.05. The number of hydrogen-bond donors (Lipinski definition) is 0. The van der Waals surface area contributed by atoms with Crippen LogP contribution in [-0.4, -0.2) is 5.02 Å². The van der Waals surface area contributed by atoms with E-state index >= 15 is 0 Å². The van der Waals surface area contributed by atoms with E-state index in [1.807, 2.05) is 0 Å². The third-order valence-corrected chi connectivity index (χ3v) is 1.02. The Labute approximate surface area is 65.2 Å². The van der Waals surface area contributed by atoms with Gasteiger partial charge in [0.15, 0.2) is 0 Å². The van der Waals surface area contributed by atoms with E-state index in [-0.39, 0.29) is 0 Å². The molecule has 0 aromatic rings. The van der Waals surface area contributed by atoms with E-state index in [4.69, 9.17) is 5.53 Å². The van der Waals surface area contributed by atoms with Crippen molar-refractivity contribution in [2.45, 2.75) is 0 Å². The molecule has 0 saturated carbocycles. The van der Waals surface area contributed by atoms with E-state index in [0.717, 1.165) is 0 Å². The minimum absolute atomic E-state index is 1.36. The van der Waals surface area contributed by atoms with Crippen LogP contribution in [0.15, 0.2) is 0 Å². The summed E-state index contributed by atoms with van der Waals surface area (Å²) in [5.41, 5.74) is 7.96. The second kappa shape index (κ2) is 3.48. The van der Waals surface area contributed by atoms with Gasteiger partial charge in [0, 0.05) is 0 Å². The van der Waals surface area contributed by atoms with Gasteiger partial charge >= 0.3 is 0 Å². The highest BCUT2D eigenvalue weighted by Crippen LogP contribution is 2.30. The van der Waals surface area contributed by atoms with Crippen LogP contribution < -0.4 is 19.6 Å². The van der Waals surface area contributed by atoms with Crippen LogP contribution in [0.25, 0.3) is 5.53 Å². The summed E-state index contributed by atoms with van der Waals surface area (Å²) in [6.07, 6.45) is 0. The maximum absolute atomic E-state index is 9.60. The van der Waals surface area contributed by atoms with E-state index in [1.54, 1.807) is 0 Å². The molecule has 0 unspecified atom stereocenters. The van der Waals surface area contributed by atoms with Crippen molar-refractivity contribution in [2.24, 2.45) is 0 Å². The van der Waals surface area contributed by atoms with Crippen LogP contribution in [0, 0.1) is 0 Å². The van der Waals surface area contributed by atoms with Gasteiger partial charge in [-0.1, -0.05) is 0 Å². The molecule has 0 aromatic heterocycles. The van der Waals surface area contributed by atoms with Crippen LogP contribution in [0.5, 0.6) is 0 Å². The second-order valence-electron chi connectivity index (χ2n) is 1.30. The molecule has 12 heteroatoms. The van der Waals surface area contributed by atoms with E-state index < -0.39 is 20.7 Å². The van der Waals surface area contributed by atoms with Crippen molar-refractivity contribution in [1.29, 1.82) is 0 Å². The predicted octanol–water partition coefficient (Wildman–Crippen LogP) is -3.46. The number of hydrogen-bond acceptors (Lipinski definition) is 8. The monoisotopic (exact) mass is 218 g/mol. The summed E-state index contributed by atoms with van der Waals surface area (Å²) < 4.78 is 24.9. The summed E-state index contributed by atoms with van der Waals surface area (Å²) in [5.74, 6) is 0. The van der Waals surface area contributed by atoms with Gasteiger partial charge in [0.2, 0.25) is 15.6 Å². The van der Waals surface area contributed by atoms with Crippen LogP contribution in [0.2, 0.25) is 0 Å². The summed E-state index contributed by atoms with van der Waals surface area (Å²) in [6, 6.07) is 0. The predicted molar refractivity (Wildman–Crippen MR) is 21.0 cm³/mol. The van der Waals surface area contributed by atoms with Crippen LogP contribution in [0.4, 0.5) is 0 Å². The first-order valence-corrected chi connectivity index (χ1v) is 4.95. The van der Waals surface area contributed by atoms with Gasteiger partial charge < -0.3 is 34.2 Å². The number of rotatable bonds is 4. The smallest absolute Gasteiger partial charge is 0.200 e. The lowest BCUT2D eigenvalue weighted by Gasteiger charge is -2.27. The second-order valence-corrected chi connectivity index (χ2v) is 3.41. The summed E-state index contributed by atoms with van der Waals surface area (Å²) in [6.45, 7) is 0. The van der Waals surface area contributed by atoms with Crippen LogP contribution in [0.3, 0.4) is 0 Å². The van der Waals surface area contributed by atoms with Crippen molar-refractivity contribution in [3.8, 4) is 0 Å². The van der Waals surface area contributed by atoms with Gasteiger partial charge in [-0.2, -0.15) is 0 Å². The molecule has 0 N–H and O–H groups in total. The number of phosphoric acid groups is 2. The molecule has 0 aliphatic carbocycles. The third kappa shape index (κ3) is 7.61. The fourth-order valence-corrected chi connectivity index (χ4v) is 0.647. The molecule has 0 saturated heterocycles. The Hall–Kier alpha value is -0.500. The Morgan fingerprint density at radius 1 is 1.00 bits per heavy atom. The van der Waals surface area contributed by atoms with Crippen molar-refractivity contribution in [1.82, 2.24) is 0 Å². The van der Waals surface area contributed by atoms with E-state index in [1.165, 1.54) is 0 Å². The van der Waals surface area contributed by atoms with Crippen molar-refractivity contribution in [3.05, 3.63) is 5.53 Å². The Morgan fingerprint density at radius 2 is 1.25 bits per heavy atom. The molecule has 0 amide bonds. The van der Waals surface area contributed by atoms with Gasteiger partial charge in [0.1, 0.15) is 5.02 Å². The van der Waals surface area contributed by atoms with Crippen LogP contribution in [0.1, 0.15) is 0 Å². The molecule has 12 heavy (non-hydrogen) atoms. The topological polar surface area (TPSA) is 170 Å². The average Bonchev–Trinajstić information content (AvgIpc) is 1.49. The zero-order chi connectivity index (χ0) is 9.99. The first-order chi connectivity index (χ1) is 5.10. The Kier molecular flexibility index (Phi) is 3.34. The highest BCUT2D eigenvalue weighted by molar-refractivity contribution is 7.43. The molecule has 72 valence electrons. The molecule has 0 aliphatic heterocycles. The molecule has 0 rings (SSSR count). The maximum Gasteiger partial charge on any atom is 0.200 e. The molecule has 0 bridgehead atoms. The standard InChI is InChI=1S/H4N2O8P2/c1-2(9-11(3,4)5)10-12(6,7)8/h(H2,3,4,5)(H2,6,7,8)/p-4.